The summed E-state index contributed by atoms with van der Waals surface area (Å²) in [6, 6.07) is 7.81. The zero-order valence-electron chi connectivity index (χ0n) is 10.4. The van der Waals surface area contributed by atoms with Crippen molar-refractivity contribution < 1.29 is 5.11 Å². The molecule has 0 heterocycles. The van der Waals surface area contributed by atoms with E-state index in [0.717, 1.165) is 30.2 Å². The van der Waals surface area contributed by atoms with E-state index in [1.807, 2.05) is 24.3 Å². The van der Waals surface area contributed by atoms with Crippen LogP contribution in [-0.2, 0) is 6.54 Å². The number of hydrogen-bond acceptors (Lipinski definition) is 3. The first kappa shape index (κ1) is 20.3. The van der Waals surface area contributed by atoms with Gasteiger partial charge in [-0.05, 0) is 18.6 Å². The minimum Gasteiger partial charge on any atom is -0.392 e. The van der Waals surface area contributed by atoms with Gasteiger partial charge in [0.2, 0.25) is 0 Å². The van der Waals surface area contributed by atoms with Gasteiger partial charge in [0.15, 0.2) is 0 Å². The third-order valence-electron chi connectivity index (χ3n) is 2.19. The minimum absolute atomic E-state index is 0. The fourth-order valence-corrected chi connectivity index (χ4v) is 1.56. The molecule has 0 spiro atoms. The molecule has 3 nitrogen and oxygen atoms in total. The summed E-state index contributed by atoms with van der Waals surface area (Å²) in [5.41, 5.74) is 1.11. The third kappa shape index (κ3) is 8.97. The highest BCUT2D eigenvalue weighted by atomic mass is 35.5. The molecule has 6 heteroatoms. The summed E-state index contributed by atoms with van der Waals surface area (Å²) in [7, 11) is 0. The van der Waals surface area contributed by atoms with Crippen molar-refractivity contribution in [1.29, 1.82) is 0 Å². The molecule has 0 bridgehead atoms. The maximum Gasteiger partial charge on any atom is 0.0636 e. The number of hydrogen-bond donors (Lipinski definition) is 3. The van der Waals surface area contributed by atoms with Crippen molar-refractivity contribution in [3.8, 4) is 0 Å². The molecule has 0 amide bonds. The van der Waals surface area contributed by atoms with E-state index in [4.69, 9.17) is 16.7 Å². The van der Waals surface area contributed by atoms with E-state index in [-0.39, 0.29) is 30.9 Å². The van der Waals surface area contributed by atoms with E-state index in [2.05, 4.69) is 10.6 Å². The third-order valence-corrected chi connectivity index (χ3v) is 2.56. The zero-order valence-corrected chi connectivity index (χ0v) is 12.7. The zero-order chi connectivity index (χ0) is 11.8. The Labute approximate surface area is 126 Å². The standard InChI is InChI=1S/C12H19ClN2O.2ClH/c1-10(16)8-14-6-7-15-9-11-4-2-3-5-12(11)13;;/h2-5,10,14-16H,6-9H2,1H3;2*1H. The van der Waals surface area contributed by atoms with Crippen molar-refractivity contribution in [3.05, 3.63) is 34.9 Å². The molecule has 1 aromatic carbocycles. The number of aliphatic hydroxyl groups is 1. The predicted molar refractivity (Wildman–Crippen MR) is 82.2 cm³/mol. The predicted octanol–water partition coefficient (Wildman–Crippen LogP) is 2.24. The summed E-state index contributed by atoms with van der Waals surface area (Å²) in [4.78, 5) is 0. The van der Waals surface area contributed by atoms with Crippen LogP contribution in [0.1, 0.15) is 12.5 Å². The molecule has 1 unspecified atom stereocenters. The highest BCUT2D eigenvalue weighted by molar-refractivity contribution is 6.31. The number of benzene rings is 1. The number of aliphatic hydroxyl groups excluding tert-OH is 1. The normalized spacial score (nSPS) is 11.3. The van der Waals surface area contributed by atoms with Crippen LogP contribution in [0.4, 0.5) is 0 Å². The smallest absolute Gasteiger partial charge is 0.0636 e. The van der Waals surface area contributed by atoms with Gasteiger partial charge in [-0.2, -0.15) is 0 Å². The Bertz CT molecular complexity index is 311. The first-order valence-electron chi connectivity index (χ1n) is 5.53. The van der Waals surface area contributed by atoms with E-state index in [9.17, 15) is 0 Å². The molecule has 18 heavy (non-hydrogen) atoms. The van der Waals surface area contributed by atoms with Gasteiger partial charge in [-0.3, -0.25) is 0 Å². The summed E-state index contributed by atoms with van der Waals surface area (Å²) in [6.45, 7) is 4.88. The van der Waals surface area contributed by atoms with Crippen molar-refractivity contribution in [1.82, 2.24) is 10.6 Å². The molecule has 1 aromatic rings. The average molecular weight is 316 g/mol. The summed E-state index contributed by atoms with van der Waals surface area (Å²) in [5, 5.41) is 16.2. The molecule has 3 N–H and O–H groups in total. The second-order valence-electron chi connectivity index (χ2n) is 3.82. The van der Waals surface area contributed by atoms with Crippen LogP contribution in [0.2, 0.25) is 5.02 Å². The summed E-state index contributed by atoms with van der Waals surface area (Å²) in [5.74, 6) is 0. The molecule has 0 aliphatic heterocycles. The van der Waals surface area contributed by atoms with Gasteiger partial charge < -0.3 is 15.7 Å². The Morgan fingerprint density at radius 3 is 2.39 bits per heavy atom. The Morgan fingerprint density at radius 1 is 1.17 bits per heavy atom. The van der Waals surface area contributed by atoms with Crippen LogP contribution in [0.15, 0.2) is 24.3 Å². The quantitative estimate of drug-likeness (QED) is 0.676. The van der Waals surface area contributed by atoms with Crippen molar-refractivity contribution in [3.63, 3.8) is 0 Å². The lowest BCUT2D eigenvalue weighted by Crippen LogP contribution is -2.31. The molecule has 0 aliphatic carbocycles. The van der Waals surface area contributed by atoms with E-state index < -0.39 is 0 Å². The number of halogens is 3. The minimum atomic E-state index is -0.288. The maximum atomic E-state index is 9.02. The second kappa shape index (κ2) is 12.0. The van der Waals surface area contributed by atoms with E-state index in [0.29, 0.717) is 6.54 Å². The van der Waals surface area contributed by atoms with Gasteiger partial charge in [-0.15, -0.1) is 24.8 Å². The lowest BCUT2D eigenvalue weighted by molar-refractivity contribution is 0.191. The highest BCUT2D eigenvalue weighted by Gasteiger charge is 1.97. The van der Waals surface area contributed by atoms with Gasteiger partial charge in [-0.1, -0.05) is 29.8 Å². The lowest BCUT2D eigenvalue weighted by Gasteiger charge is -2.08. The molecule has 106 valence electrons. The van der Waals surface area contributed by atoms with Crippen LogP contribution < -0.4 is 10.6 Å². The lowest BCUT2D eigenvalue weighted by atomic mass is 10.2. The number of nitrogens with one attached hydrogen (secondary N) is 2. The Kier molecular flexibility index (Phi) is 13.6. The van der Waals surface area contributed by atoms with Crippen LogP contribution in [0.5, 0.6) is 0 Å². The van der Waals surface area contributed by atoms with Crippen LogP contribution in [0.3, 0.4) is 0 Å². The van der Waals surface area contributed by atoms with Crippen LogP contribution in [0, 0.1) is 0 Å². The largest absolute Gasteiger partial charge is 0.392 e. The van der Waals surface area contributed by atoms with Gasteiger partial charge in [0.25, 0.3) is 0 Å². The topological polar surface area (TPSA) is 44.3 Å². The highest BCUT2D eigenvalue weighted by Crippen LogP contribution is 2.13. The summed E-state index contributed by atoms with van der Waals surface area (Å²) < 4.78 is 0. The number of rotatable bonds is 7. The Morgan fingerprint density at radius 2 is 1.78 bits per heavy atom. The Balaban J connectivity index is 0. The average Bonchev–Trinajstić information content (AvgIpc) is 2.25. The maximum absolute atomic E-state index is 9.02. The van der Waals surface area contributed by atoms with E-state index in [1.54, 1.807) is 6.92 Å². The van der Waals surface area contributed by atoms with Gasteiger partial charge in [0, 0.05) is 31.2 Å². The van der Waals surface area contributed by atoms with Gasteiger partial charge in [-0.25, -0.2) is 0 Å². The molecule has 0 radical (unpaired) electrons. The van der Waals surface area contributed by atoms with Crippen molar-refractivity contribution >= 4 is 36.4 Å². The fraction of sp³-hybridized carbons (Fsp3) is 0.500. The molecule has 1 atom stereocenters. The summed E-state index contributed by atoms with van der Waals surface area (Å²) >= 11 is 6.02. The molecule has 0 aromatic heterocycles. The first-order chi connectivity index (χ1) is 7.70. The molecule has 0 saturated heterocycles. The van der Waals surface area contributed by atoms with Crippen LogP contribution >= 0.6 is 36.4 Å². The molecular formula is C12H21Cl3N2O. The monoisotopic (exact) mass is 314 g/mol. The molecule has 0 fully saturated rings. The fourth-order valence-electron chi connectivity index (χ4n) is 1.35. The second-order valence-corrected chi connectivity index (χ2v) is 4.23. The molecule has 0 aliphatic rings. The van der Waals surface area contributed by atoms with Crippen molar-refractivity contribution in [2.45, 2.75) is 19.6 Å². The van der Waals surface area contributed by atoms with Gasteiger partial charge in [0.1, 0.15) is 0 Å². The van der Waals surface area contributed by atoms with Crippen LogP contribution in [0.25, 0.3) is 0 Å². The van der Waals surface area contributed by atoms with E-state index in [1.165, 1.54) is 0 Å². The van der Waals surface area contributed by atoms with Crippen molar-refractivity contribution in [2.75, 3.05) is 19.6 Å². The molecular weight excluding hydrogens is 295 g/mol. The van der Waals surface area contributed by atoms with Gasteiger partial charge in [0.05, 0.1) is 6.10 Å². The van der Waals surface area contributed by atoms with Crippen molar-refractivity contribution in [2.24, 2.45) is 0 Å². The van der Waals surface area contributed by atoms with E-state index >= 15 is 0 Å². The van der Waals surface area contributed by atoms with Crippen LogP contribution in [-0.4, -0.2) is 30.8 Å². The first-order valence-corrected chi connectivity index (χ1v) is 5.91. The molecule has 0 saturated carbocycles. The Hall–Kier alpha value is -0.0300. The molecule has 1 rings (SSSR count). The summed E-state index contributed by atoms with van der Waals surface area (Å²) in [6.07, 6.45) is -0.288. The van der Waals surface area contributed by atoms with Gasteiger partial charge >= 0.3 is 0 Å². The SMILES string of the molecule is CC(O)CNCCNCc1ccccc1Cl.Cl.Cl.